The van der Waals surface area contributed by atoms with E-state index in [1.54, 1.807) is 0 Å². The minimum atomic E-state index is -2.38. The van der Waals surface area contributed by atoms with Crippen molar-refractivity contribution in [2.45, 2.75) is 13.1 Å². The molecule has 2 nitrogen and oxygen atoms in total. The lowest BCUT2D eigenvalue weighted by molar-refractivity contribution is 0.452. The van der Waals surface area contributed by atoms with Gasteiger partial charge in [0.05, 0.1) is 0 Å². The molecule has 0 aliphatic heterocycles. The highest BCUT2D eigenvalue weighted by atomic mass is 33.1. The van der Waals surface area contributed by atoms with E-state index >= 15 is 0 Å². The van der Waals surface area contributed by atoms with Crippen LogP contribution < -0.4 is 0 Å². The largest absolute Gasteiger partial charge is 0.285 e. The van der Waals surface area contributed by atoms with Gasteiger partial charge in [-0.2, -0.15) is 0 Å². The quantitative estimate of drug-likeness (QED) is 0.522. The van der Waals surface area contributed by atoms with Gasteiger partial charge in [-0.3, -0.25) is 5.16 Å². The Bertz CT molecular complexity index is 513. The molecular weight excluding hydrogens is 291 g/mol. The number of benzene rings is 2. The molecular formula is C14H17N2PS2. The fraction of sp³-hybridized carbons (Fsp3) is 0.143. The summed E-state index contributed by atoms with van der Waals surface area (Å²) in [7, 11) is 0. The predicted molar refractivity (Wildman–Crippen MR) is 89.7 cm³/mol. The molecule has 19 heavy (non-hydrogen) atoms. The summed E-state index contributed by atoms with van der Waals surface area (Å²) < 4.78 is 2.02. The van der Waals surface area contributed by atoms with E-state index < -0.39 is 5.61 Å². The summed E-state index contributed by atoms with van der Waals surface area (Å²) in [5.74, 6) is 0. The maximum atomic E-state index is 8.15. The average Bonchev–Trinajstić information content (AvgIpc) is 2.39. The van der Waals surface area contributed by atoms with Crippen LogP contribution in [-0.4, -0.2) is 4.67 Å². The van der Waals surface area contributed by atoms with Gasteiger partial charge in [0.2, 0.25) is 0 Å². The molecule has 0 fully saturated rings. The lowest BCUT2D eigenvalue weighted by Crippen LogP contribution is -2.15. The minimum Gasteiger partial charge on any atom is -0.285 e. The van der Waals surface area contributed by atoms with Gasteiger partial charge < -0.3 is 0 Å². The molecule has 2 aromatic rings. The fourth-order valence-electron chi connectivity index (χ4n) is 1.84. The summed E-state index contributed by atoms with van der Waals surface area (Å²) >= 11 is 8.76. The summed E-state index contributed by atoms with van der Waals surface area (Å²) in [6, 6.07) is 20.3. The highest BCUT2D eigenvalue weighted by Crippen LogP contribution is 2.60. The summed E-state index contributed by atoms with van der Waals surface area (Å²) in [6.45, 7) is 1.39. The van der Waals surface area contributed by atoms with E-state index in [9.17, 15) is 0 Å². The number of hydrogen-bond acceptors (Lipinski definition) is 1. The Balaban J connectivity index is 2.16. The minimum absolute atomic E-state index is 0.694. The Morgan fingerprint density at radius 2 is 1.16 bits per heavy atom. The van der Waals surface area contributed by atoms with Gasteiger partial charge in [-0.25, -0.2) is 4.67 Å². The van der Waals surface area contributed by atoms with E-state index in [0.29, 0.717) is 13.1 Å². The van der Waals surface area contributed by atoms with E-state index in [-0.39, 0.29) is 0 Å². The standard InChI is InChI=1S/C14H17N2PS2/c15-17(18,19)16(11-13-7-3-1-4-8-13)12-14-9-5-2-6-10-14/h1-10H,11-12H2,(H3,15,18,19). The molecule has 0 unspecified atom stereocenters. The van der Waals surface area contributed by atoms with Crippen molar-refractivity contribution >= 4 is 30.1 Å². The van der Waals surface area contributed by atoms with Crippen LogP contribution in [0.4, 0.5) is 0 Å². The highest BCUT2D eigenvalue weighted by molar-refractivity contribution is 8.80. The van der Waals surface area contributed by atoms with Crippen molar-refractivity contribution in [1.82, 2.24) is 4.67 Å². The third-order valence-electron chi connectivity index (χ3n) is 2.81. The van der Waals surface area contributed by atoms with Crippen molar-refractivity contribution in [3.8, 4) is 0 Å². The van der Waals surface area contributed by atoms with Gasteiger partial charge in [-0.05, 0) is 11.1 Å². The van der Waals surface area contributed by atoms with Crippen LogP contribution in [0.25, 0.3) is 0 Å². The number of hydrogen-bond donors (Lipinski definition) is 3. The molecule has 0 atom stereocenters. The second kappa shape index (κ2) is 6.67. The van der Waals surface area contributed by atoms with Crippen LogP contribution in [0.3, 0.4) is 0 Å². The van der Waals surface area contributed by atoms with Crippen LogP contribution in [-0.2, 0) is 13.1 Å². The molecule has 0 aromatic heterocycles. The maximum Gasteiger partial charge on any atom is 0.132 e. The van der Waals surface area contributed by atoms with Gasteiger partial charge in [0, 0.05) is 13.1 Å². The van der Waals surface area contributed by atoms with Gasteiger partial charge in [0.1, 0.15) is 5.61 Å². The second-order valence-corrected chi connectivity index (χ2v) is 10.5. The van der Waals surface area contributed by atoms with Crippen LogP contribution in [0.2, 0.25) is 0 Å². The Morgan fingerprint density at radius 3 is 1.47 bits per heavy atom. The van der Waals surface area contributed by atoms with Gasteiger partial charge in [-0.1, -0.05) is 60.7 Å². The summed E-state index contributed by atoms with van der Waals surface area (Å²) in [4.78, 5) is 0. The van der Waals surface area contributed by atoms with Crippen molar-refractivity contribution < 1.29 is 0 Å². The first-order chi connectivity index (χ1) is 9.05. The molecule has 2 rings (SSSR count). The Kier molecular flexibility index (Phi) is 5.17. The van der Waals surface area contributed by atoms with Crippen LogP contribution in [0.1, 0.15) is 11.1 Å². The third kappa shape index (κ3) is 4.73. The first-order valence-corrected chi connectivity index (χ1v) is 10.0. The van der Waals surface area contributed by atoms with Crippen molar-refractivity contribution in [1.29, 1.82) is 5.16 Å². The number of thiol groups is 2. The van der Waals surface area contributed by atoms with E-state index in [2.05, 4.69) is 48.8 Å². The molecule has 5 heteroatoms. The number of rotatable bonds is 5. The van der Waals surface area contributed by atoms with E-state index in [4.69, 9.17) is 5.16 Å². The number of nitrogens with one attached hydrogen (secondary N) is 1. The van der Waals surface area contributed by atoms with Crippen LogP contribution in [0.5, 0.6) is 0 Å². The maximum absolute atomic E-state index is 8.15. The summed E-state index contributed by atoms with van der Waals surface area (Å²) in [5, 5.41) is 8.15. The van der Waals surface area contributed by atoms with Crippen LogP contribution in [0.15, 0.2) is 60.7 Å². The van der Waals surface area contributed by atoms with Gasteiger partial charge in [0.25, 0.3) is 0 Å². The molecule has 0 bridgehead atoms. The topological polar surface area (TPSA) is 27.1 Å². The lowest BCUT2D eigenvalue weighted by Gasteiger charge is -2.27. The molecule has 2 aromatic carbocycles. The van der Waals surface area contributed by atoms with Crippen molar-refractivity contribution in [3.05, 3.63) is 71.8 Å². The molecule has 0 aliphatic rings. The molecule has 100 valence electrons. The third-order valence-corrected chi connectivity index (χ3v) is 5.40. The predicted octanol–water partition coefficient (Wildman–Crippen LogP) is 5.07. The smallest absolute Gasteiger partial charge is 0.132 e. The first kappa shape index (κ1) is 14.7. The Hall–Kier alpha value is -0.670. The monoisotopic (exact) mass is 308 g/mol. The zero-order chi connectivity index (χ0) is 13.7. The molecule has 1 N–H and O–H groups in total. The molecule has 0 amide bonds. The van der Waals surface area contributed by atoms with Crippen LogP contribution in [0, 0.1) is 5.16 Å². The number of nitrogens with zero attached hydrogens (tertiary/aromatic N) is 1. The fourth-order valence-corrected chi connectivity index (χ4v) is 3.32. The molecule has 0 radical (unpaired) electrons. The van der Waals surface area contributed by atoms with Crippen LogP contribution >= 0.6 is 30.1 Å². The lowest BCUT2D eigenvalue weighted by atomic mass is 10.2. The summed E-state index contributed by atoms with van der Waals surface area (Å²) in [6.07, 6.45) is 0. The second-order valence-electron chi connectivity index (χ2n) is 4.36. The normalized spacial score (nSPS) is 11.7. The molecule has 0 heterocycles. The SMILES string of the molecule is N=P(S)(S)N(Cc1ccccc1)Cc1ccccc1. The molecule has 0 aliphatic carbocycles. The Morgan fingerprint density at radius 1 is 0.789 bits per heavy atom. The van der Waals surface area contributed by atoms with Gasteiger partial charge >= 0.3 is 0 Å². The van der Waals surface area contributed by atoms with E-state index in [1.807, 2.05) is 41.1 Å². The van der Waals surface area contributed by atoms with Gasteiger partial charge in [-0.15, -0.1) is 24.5 Å². The van der Waals surface area contributed by atoms with Crippen molar-refractivity contribution in [3.63, 3.8) is 0 Å². The molecule has 0 saturated heterocycles. The van der Waals surface area contributed by atoms with Crippen molar-refractivity contribution in [2.75, 3.05) is 0 Å². The Labute approximate surface area is 125 Å². The van der Waals surface area contributed by atoms with Crippen molar-refractivity contribution in [2.24, 2.45) is 0 Å². The van der Waals surface area contributed by atoms with E-state index in [1.165, 1.54) is 11.1 Å². The first-order valence-electron chi connectivity index (χ1n) is 5.98. The zero-order valence-corrected chi connectivity index (χ0v) is 13.2. The summed E-state index contributed by atoms with van der Waals surface area (Å²) in [5.41, 5.74) is -0.0268. The van der Waals surface area contributed by atoms with Gasteiger partial charge in [0.15, 0.2) is 0 Å². The zero-order valence-electron chi connectivity index (χ0n) is 10.5. The van der Waals surface area contributed by atoms with E-state index in [0.717, 1.165) is 0 Å². The molecule has 0 spiro atoms. The molecule has 0 saturated carbocycles. The average molecular weight is 308 g/mol. The highest BCUT2D eigenvalue weighted by Gasteiger charge is 2.18.